The van der Waals surface area contributed by atoms with Gasteiger partial charge in [-0.05, 0) is 60.9 Å². The van der Waals surface area contributed by atoms with Crippen molar-refractivity contribution >= 4 is 23.2 Å². The van der Waals surface area contributed by atoms with E-state index in [0.29, 0.717) is 30.2 Å². The van der Waals surface area contributed by atoms with Gasteiger partial charge in [-0.2, -0.15) is 0 Å². The summed E-state index contributed by atoms with van der Waals surface area (Å²) in [5.41, 5.74) is 2.77. The zero-order valence-electron chi connectivity index (χ0n) is 17.0. The van der Waals surface area contributed by atoms with Crippen LogP contribution in [0.15, 0.2) is 78.9 Å². The second-order valence-corrected chi connectivity index (χ2v) is 7.32. The number of amides is 2. The van der Waals surface area contributed by atoms with E-state index in [1.807, 2.05) is 42.5 Å². The van der Waals surface area contributed by atoms with Crippen LogP contribution in [0.1, 0.15) is 28.8 Å². The highest BCUT2D eigenvalue weighted by atomic mass is 16.5. The molecule has 0 unspecified atom stereocenters. The molecule has 1 heterocycles. The minimum Gasteiger partial charge on any atom is -0.489 e. The van der Waals surface area contributed by atoms with Crippen LogP contribution in [0.25, 0.3) is 0 Å². The Bertz CT molecular complexity index is 1030. The lowest BCUT2D eigenvalue weighted by Crippen LogP contribution is -2.27. The molecule has 1 aliphatic rings. The number of hydrogen-bond donors (Lipinski definition) is 2. The van der Waals surface area contributed by atoms with Crippen molar-refractivity contribution in [1.29, 1.82) is 0 Å². The maximum Gasteiger partial charge on any atom is 0.255 e. The van der Waals surface area contributed by atoms with Crippen molar-refractivity contribution in [3.63, 3.8) is 0 Å². The van der Waals surface area contributed by atoms with Crippen LogP contribution in [0.4, 0.5) is 11.4 Å². The molecule has 158 valence electrons. The predicted molar refractivity (Wildman–Crippen MR) is 119 cm³/mol. The van der Waals surface area contributed by atoms with Crippen molar-refractivity contribution in [2.24, 2.45) is 0 Å². The maximum absolute atomic E-state index is 12.6. The monoisotopic (exact) mass is 416 g/mol. The molecule has 3 aromatic carbocycles. The maximum atomic E-state index is 12.6. The lowest BCUT2D eigenvalue weighted by molar-refractivity contribution is -0.124. The van der Waals surface area contributed by atoms with E-state index in [1.54, 1.807) is 36.4 Å². The van der Waals surface area contributed by atoms with E-state index >= 15 is 0 Å². The van der Waals surface area contributed by atoms with Crippen molar-refractivity contribution in [2.75, 3.05) is 17.2 Å². The van der Waals surface area contributed by atoms with Gasteiger partial charge in [0.2, 0.25) is 0 Å². The van der Waals surface area contributed by atoms with Crippen molar-refractivity contribution in [3.05, 3.63) is 90.0 Å². The van der Waals surface area contributed by atoms with Gasteiger partial charge in [-0.1, -0.05) is 36.4 Å². The number of benzene rings is 3. The normalized spacial score (nSPS) is 15.3. The van der Waals surface area contributed by atoms with Gasteiger partial charge in [0.05, 0.1) is 0 Å². The van der Waals surface area contributed by atoms with Crippen molar-refractivity contribution in [1.82, 2.24) is 0 Å². The quantitative estimate of drug-likeness (QED) is 0.589. The fourth-order valence-electron chi connectivity index (χ4n) is 3.32. The van der Waals surface area contributed by atoms with E-state index in [0.717, 1.165) is 24.2 Å². The Balaban J connectivity index is 1.33. The molecule has 1 fully saturated rings. The van der Waals surface area contributed by atoms with E-state index in [2.05, 4.69) is 10.6 Å². The third-order valence-electron chi connectivity index (χ3n) is 4.97. The van der Waals surface area contributed by atoms with Crippen molar-refractivity contribution < 1.29 is 19.1 Å². The van der Waals surface area contributed by atoms with Gasteiger partial charge < -0.3 is 20.1 Å². The molecule has 0 radical (unpaired) electrons. The Hall–Kier alpha value is -3.64. The van der Waals surface area contributed by atoms with Crippen LogP contribution < -0.4 is 15.4 Å². The molecule has 0 aliphatic carbocycles. The molecule has 1 atom stereocenters. The van der Waals surface area contributed by atoms with Crippen LogP contribution in [0, 0.1) is 0 Å². The van der Waals surface area contributed by atoms with Crippen molar-refractivity contribution in [2.45, 2.75) is 25.6 Å². The molecule has 2 N–H and O–H groups in total. The summed E-state index contributed by atoms with van der Waals surface area (Å²) in [5.74, 6) is 0.285. The highest BCUT2D eigenvalue weighted by Crippen LogP contribution is 2.20. The van der Waals surface area contributed by atoms with Gasteiger partial charge in [0.25, 0.3) is 11.8 Å². The van der Waals surface area contributed by atoms with E-state index in [-0.39, 0.29) is 11.8 Å². The molecule has 0 spiro atoms. The Morgan fingerprint density at radius 2 is 1.71 bits per heavy atom. The Labute approximate surface area is 181 Å². The van der Waals surface area contributed by atoms with E-state index in [4.69, 9.17) is 9.47 Å². The number of carbonyl (C=O) groups is 2. The highest BCUT2D eigenvalue weighted by molar-refractivity contribution is 6.05. The van der Waals surface area contributed by atoms with Crippen molar-refractivity contribution in [3.8, 4) is 5.75 Å². The first-order valence-electron chi connectivity index (χ1n) is 10.3. The second kappa shape index (κ2) is 9.91. The van der Waals surface area contributed by atoms with E-state index in [9.17, 15) is 9.59 Å². The first-order chi connectivity index (χ1) is 15.2. The number of anilines is 2. The summed E-state index contributed by atoms with van der Waals surface area (Å²) in [4.78, 5) is 24.8. The number of hydrogen-bond acceptors (Lipinski definition) is 4. The van der Waals surface area contributed by atoms with Crippen LogP contribution in [0.2, 0.25) is 0 Å². The SMILES string of the molecule is O=C(Nc1ccc(OCc2ccccc2)cc1)c1cccc(NC(=O)[C@@H]2CCCO2)c1. The van der Waals surface area contributed by atoms with Gasteiger partial charge in [0.15, 0.2) is 0 Å². The largest absolute Gasteiger partial charge is 0.489 e. The summed E-state index contributed by atoms with van der Waals surface area (Å²) >= 11 is 0. The van der Waals surface area contributed by atoms with E-state index in [1.165, 1.54) is 0 Å². The molecular formula is C25H24N2O4. The predicted octanol–water partition coefficient (Wildman–Crippen LogP) is 4.64. The molecule has 4 rings (SSSR count). The fourth-order valence-corrected chi connectivity index (χ4v) is 3.32. The molecule has 6 heteroatoms. The molecule has 0 bridgehead atoms. The molecule has 3 aromatic rings. The fraction of sp³-hybridized carbons (Fsp3) is 0.200. The molecule has 0 saturated carbocycles. The van der Waals surface area contributed by atoms with Gasteiger partial charge >= 0.3 is 0 Å². The standard InChI is InChI=1S/C25H24N2O4/c28-24(19-8-4-9-21(16-19)27-25(29)23-10-5-15-30-23)26-20-11-13-22(14-12-20)31-17-18-6-2-1-3-7-18/h1-4,6-9,11-14,16,23H,5,10,15,17H2,(H,26,28)(H,27,29)/t23-/m0/s1. The number of rotatable bonds is 7. The minimum absolute atomic E-state index is 0.179. The number of nitrogens with one attached hydrogen (secondary N) is 2. The summed E-state index contributed by atoms with van der Waals surface area (Å²) in [5, 5.41) is 5.68. The molecule has 6 nitrogen and oxygen atoms in total. The third kappa shape index (κ3) is 5.71. The molecular weight excluding hydrogens is 392 g/mol. The Morgan fingerprint density at radius 3 is 2.45 bits per heavy atom. The summed E-state index contributed by atoms with van der Waals surface area (Å²) in [6, 6.07) is 24.0. The van der Waals surface area contributed by atoms with Gasteiger partial charge in [0.1, 0.15) is 18.5 Å². The Morgan fingerprint density at radius 1 is 0.903 bits per heavy atom. The number of ether oxygens (including phenoxy) is 2. The molecule has 2 amide bonds. The van der Waals surface area contributed by atoms with Crippen LogP contribution in [-0.4, -0.2) is 24.5 Å². The second-order valence-electron chi connectivity index (χ2n) is 7.32. The van der Waals surface area contributed by atoms with Crippen LogP contribution >= 0.6 is 0 Å². The van der Waals surface area contributed by atoms with Crippen LogP contribution in [0.5, 0.6) is 5.75 Å². The first kappa shape index (κ1) is 20.6. The zero-order chi connectivity index (χ0) is 21.5. The molecule has 1 saturated heterocycles. The summed E-state index contributed by atoms with van der Waals surface area (Å²) < 4.78 is 11.2. The molecule has 1 aliphatic heterocycles. The van der Waals surface area contributed by atoms with E-state index < -0.39 is 6.10 Å². The zero-order valence-corrected chi connectivity index (χ0v) is 17.0. The van der Waals surface area contributed by atoms with Gasteiger partial charge in [-0.3, -0.25) is 9.59 Å². The molecule has 31 heavy (non-hydrogen) atoms. The lowest BCUT2D eigenvalue weighted by Gasteiger charge is -2.12. The minimum atomic E-state index is -0.417. The smallest absolute Gasteiger partial charge is 0.255 e. The number of carbonyl (C=O) groups excluding carboxylic acids is 2. The summed E-state index contributed by atoms with van der Waals surface area (Å²) in [6.45, 7) is 1.09. The summed E-state index contributed by atoms with van der Waals surface area (Å²) in [7, 11) is 0. The third-order valence-corrected chi connectivity index (χ3v) is 4.97. The first-order valence-corrected chi connectivity index (χ1v) is 10.3. The van der Waals surface area contributed by atoms with Crippen LogP contribution in [0.3, 0.4) is 0 Å². The lowest BCUT2D eigenvalue weighted by atomic mass is 10.1. The summed E-state index contributed by atoms with van der Waals surface area (Å²) in [6.07, 6.45) is 1.19. The van der Waals surface area contributed by atoms with Gasteiger partial charge in [-0.15, -0.1) is 0 Å². The average Bonchev–Trinajstić information content (AvgIpc) is 3.35. The average molecular weight is 416 g/mol. The Kier molecular flexibility index (Phi) is 6.59. The topological polar surface area (TPSA) is 76.7 Å². The van der Waals surface area contributed by atoms with Gasteiger partial charge in [-0.25, -0.2) is 0 Å². The highest BCUT2D eigenvalue weighted by Gasteiger charge is 2.23. The van der Waals surface area contributed by atoms with Crippen LogP contribution in [-0.2, 0) is 16.1 Å². The molecule has 0 aromatic heterocycles. The van der Waals surface area contributed by atoms with Gasteiger partial charge in [0, 0.05) is 23.5 Å².